The number of benzene rings is 3. The number of halogens is 1. The van der Waals surface area contributed by atoms with E-state index in [1.165, 1.54) is 5.69 Å². The van der Waals surface area contributed by atoms with E-state index >= 15 is 0 Å². The second-order valence-electron chi connectivity index (χ2n) is 7.87. The van der Waals surface area contributed by atoms with Gasteiger partial charge in [0.15, 0.2) is 0 Å². The maximum atomic E-state index is 13.1. The fraction of sp³-hybridized carbons (Fsp3) is 0.304. The Morgan fingerprint density at radius 3 is 2.27 bits per heavy atom. The zero-order valence-corrected chi connectivity index (χ0v) is 19.1. The van der Waals surface area contributed by atoms with Crippen molar-refractivity contribution in [3.8, 4) is 0 Å². The Morgan fingerprint density at radius 2 is 1.53 bits per heavy atom. The van der Waals surface area contributed by atoms with E-state index in [0.29, 0.717) is 11.4 Å². The van der Waals surface area contributed by atoms with E-state index in [0.717, 1.165) is 60.1 Å². The van der Waals surface area contributed by atoms with E-state index < -0.39 is 10.0 Å². The molecule has 3 aromatic carbocycles. The zero-order chi connectivity index (χ0) is 20.7. The first-order valence-electron chi connectivity index (χ1n) is 10.3. The summed E-state index contributed by atoms with van der Waals surface area (Å²) in [6.07, 6.45) is 0.821. The summed E-state index contributed by atoms with van der Waals surface area (Å²) >= 11 is 3.49. The molecule has 30 heavy (non-hydrogen) atoms. The summed E-state index contributed by atoms with van der Waals surface area (Å²) in [5.74, 6) is 0. The summed E-state index contributed by atoms with van der Waals surface area (Å²) in [6, 6.07) is 19.8. The van der Waals surface area contributed by atoms with Crippen LogP contribution in [0.4, 0.5) is 11.4 Å². The Morgan fingerprint density at radius 1 is 0.833 bits per heavy atom. The molecule has 2 aliphatic rings. The summed E-state index contributed by atoms with van der Waals surface area (Å²) in [5.41, 5.74) is 2.08. The van der Waals surface area contributed by atoms with Crippen LogP contribution in [0.1, 0.15) is 6.42 Å². The molecule has 3 aromatic rings. The molecule has 0 bridgehead atoms. The Kier molecular flexibility index (Phi) is 5.21. The molecular formula is C23H24BrN3O2S. The molecule has 1 fully saturated rings. The SMILES string of the molecule is O=S1(=O)c2cccc3cccc(c23)N1CCCN1CCN(c2ccc(Br)cc2)CC1. The van der Waals surface area contributed by atoms with Gasteiger partial charge in [0.05, 0.1) is 10.6 Å². The number of sulfonamides is 1. The van der Waals surface area contributed by atoms with Crippen LogP contribution in [0.25, 0.3) is 10.8 Å². The predicted molar refractivity (Wildman–Crippen MR) is 126 cm³/mol. The van der Waals surface area contributed by atoms with Gasteiger partial charge in [-0.2, -0.15) is 0 Å². The number of piperazine rings is 1. The van der Waals surface area contributed by atoms with Crippen molar-refractivity contribution in [3.05, 3.63) is 65.1 Å². The Balaban J connectivity index is 1.20. The molecule has 2 heterocycles. The van der Waals surface area contributed by atoms with Crippen molar-refractivity contribution in [3.63, 3.8) is 0 Å². The summed E-state index contributed by atoms with van der Waals surface area (Å²) in [4.78, 5) is 5.29. The fourth-order valence-electron chi connectivity index (χ4n) is 4.52. The highest BCUT2D eigenvalue weighted by Crippen LogP contribution is 2.41. The van der Waals surface area contributed by atoms with E-state index in [1.807, 2.05) is 30.3 Å². The average Bonchev–Trinajstić information content (AvgIpc) is 2.98. The number of anilines is 2. The van der Waals surface area contributed by atoms with Gasteiger partial charge in [0.2, 0.25) is 0 Å². The average molecular weight is 486 g/mol. The van der Waals surface area contributed by atoms with Gasteiger partial charge in [0.1, 0.15) is 0 Å². The molecular weight excluding hydrogens is 462 g/mol. The van der Waals surface area contributed by atoms with Crippen LogP contribution in [0.3, 0.4) is 0 Å². The molecule has 1 saturated heterocycles. The lowest BCUT2D eigenvalue weighted by Gasteiger charge is -2.36. The van der Waals surface area contributed by atoms with Crippen LogP contribution in [-0.2, 0) is 10.0 Å². The monoisotopic (exact) mass is 485 g/mol. The van der Waals surface area contributed by atoms with Crippen LogP contribution in [0.15, 0.2) is 70.0 Å². The molecule has 5 rings (SSSR count). The first kappa shape index (κ1) is 19.8. The first-order chi connectivity index (χ1) is 14.5. The smallest absolute Gasteiger partial charge is 0.265 e. The lowest BCUT2D eigenvalue weighted by atomic mass is 10.1. The molecule has 2 aliphatic heterocycles. The molecule has 156 valence electrons. The number of rotatable bonds is 5. The second kappa shape index (κ2) is 7.87. The fourth-order valence-corrected chi connectivity index (χ4v) is 6.53. The van der Waals surface area contributed by atoms with Crippen molar-refractivity contribution in [1.29, 1.82) is 0 Å². The Bertz CT molecular complexity index is 1170. The third kappa shape index (κ3) is 3.49. The largest absolute Gasteiger partial charge is 0.369 e. The van der Waals surface area contributed by atoms with Gasteiger partial charge in [-0.15, -0.1) is 0 Å². The number of hydrogen-bond acceptors (Lipinski definition) is 4. The molecule has 0 spiro atoms. The summed E-state index contributed by atoms with van der Waals surface area (Å²) in [7, 11) is -3.45. The normalized spacial score (nSPS) is 18.3. The maximum Gasteiger partial charge on any atom is 0.265 e. The van der Waals surface area contributed by atoms with Gasteiger partial charge in [-0.3, -0.25) is 9.21 Å². The van der Waals surface area contributed by atoms with Crippen LogP contribution in [-0.4, -0.2) is 52.6 Å². The summed E-state index contributed by atoms with van der Waals surface area (Å²) in [6.45, 7) is 5.41. The predicted octanol–water partition coefficient (Wildman–Crippen LogP) is 4.32. The summed E-state index contributed by atoms with van der Waals surface area (Å²) in [5, 5.41) is 1.85. The van der Waals surface area contributed by atoms with Gasteiger partial charge in [0.25, 0.3) is 10.0 Å². The molecule has 7 heteroatoms. The van der Waals surface area contributed by atoms with Crippen molar-refractivity contribution >= 4 is 48.1 Å². The topological polar surface area (TPSA) is 43.9 Å². The van der Waals surface area contributed by atoms with Crippen molar-refractivity contribution < 1.29 is 8.42 Å². The molecule has 0 amide bonds. The van der Waals surface area contributed by atoms with Crippen LogP contribution < -0.4 is 9.21 Å². The highest BCUT2D eigenvalue weighted by Gasteiger charge is 2.35. The van der Waals surface area contributed by atoms with Gasteiger partial charge >= 0.3 is 0 Å². The van der Waals surface area contributed by atoms with E-state index in [1.54, 1.807) is 10.4 Å². The quantitative estimate of drug-likeness (QED) is 0.539. The van der Waals surface area contributed by atoms with E-state index in [2.05, 4.69) is 50.0 Å². The van der Waals surface area contributed by atoms with Crippen molar-refractivity contribution in [2.24, 2.45) is 0 Å². The first-order valence-corrected chi connectivity index (χ1v) is 12.5. The zero-order valence-electron chi connectivity index (χ0n) is 16.7. The highest BCUT2D eigenvalue weighted by atomic mass is 79.9. The van der Waals surface area contributed by atoms with E-state index in [-0.39, 0.29) is 0 Å². The number of nitrogens with zero attached hydrogens (tertiary/aromatic N) is 3. The van der Waals surface area contributed by atoms with Crippen LogP contribution in [0, 0.1) is 0 Å². The molecule has 0 radical (unpaired) electrons. The molecule has 0 atom stereocenters. The second-order valence-corrected chi connectivity index (χ2v) is 10.6. The summed E-state index contributed by atoms with van der Waals surface area (Å²) < 4.78 is 28.8. The third-order valence-corrected chi connectivity index (χ3v) is 8.47. The lowest BCUT2D eigenvalue weighted by Crippen LogP contribution is -2.47. The van der Waals surface area contributed by atoms with Crippen molar-refractivity contribution in [2.75, 3.05) is 48.5 Å². The van der Waals surface area contributed by atoms with Crippen molar-refractivity contribution in [1.82, 2.24) is 4.90 Å². The molecule has 0 unspecified atom stereocenters. The Labute approximate surface area is 186 Å². The minimum Gasteiger partial charge on any atom is -0.369 e. The van der Waals surface area contributed by atoms with E-state index in [9.17, 15) is 8.42 Å². The van der Waals surface area contributed by atoms with Gasteiger partial charge in [0, 0.05) is 54.8 Å². The van der Waals surface area contributed by atoms with Crippen molar-refractivity contribution in [2.45, 2.75) is 11.3 Å². The minimum atomic E-state index is -3.45. The van der Waals surface area contributed by atoms with Gasteiger partial charge in [-0.05, 0) is 48.2 Å². The third-order valence-electron chi connectivity index (χ3n) is 6.08. The lowest BCUT2D eigenvalue weighted by molar-refractivity contribution is 0.256. The van der Waals surface area contributed by atoms with Gasteiger partial charge in [-0.25, -0.2) is 8.42 Å². The van der Waals surface area contributed by atoms with Gasteiger partial charge in [-0.1, -0.05) is 40.2 Å². The molecule has 0 aromatic heterocycles. The molecule has 0 N–H and O–H groups in total. The van der Waals surface area contributed by atoms with E-state index in [4.69, 9.17) is 0 Å². The molecule has 0 aliphatic carbocycles. The molecule has 5 nitrogen and oxygen atoms in total. The van der Waals surface area contributed by atoms with Crippen LogP contribution in [0.5, 0.6) is 0 Å². The minimum absolute atomic E-state index is 0.443. The van der Waals surface area contributed by atoms with Crippen LogP contribution >= 0.6 is 15.9 Å². The Hall–Kier alpha value is -2.09. The maximum absolute atomic E-state index is 13.1. The highest BCUT2D eigenvalue weighted by molar-refractivity contribution is 9.10. The van der Waals surface area contributed by atoms with Crippen LogP contribution in [0.2, 0.25) is 0 Å². The standard InChI is InChI=1S/C23H24BrN3O2S/c24-19-8-10-20(11-9-19)26-16-14-25(15-17-26)12-3-13-27-21-6-1-4-18-5-2-7-22(23(18)21)30(27,28)29/h1-2,4-11H,3,12-17H2. The number of hydrogen-bond donors (Lipinski definition) is 0. The molecule has 0 saturated carbocycles. The van der Waals surface area contributed by atoms with Gasteiger partial charge < -0.3 is 4.90 Å².